The van der Waals surface area contributed by atoms with Gasteiger partial charge in [-0.1, -0.05) is 23.7 Å². The molecule has 33 heavy (non-hydrogen) atoms. The molecule has 10 heteroatoms. The third-order valence-electron chi connectivity index (χ3n) is 6.14. The average molecular weight is 493 g/mol. The molecule has 0 bridgehead atoms. The number of rotatable bonds is 4. The van der Waals surface area contributed by atoms with Crippen LogP contribution in [-0.2, 0) is 22.6 Å². The molecule has 1 amide bonds. The minimum Gasteiger partial charge on any atom is -0.340 e. The van der Waals surface area contributed by atoms with Crippen molar-refractivity contribution < 1.29 is 31.1 Å². The molecule has 0 unspecified atom stereocenters. The number of hydrogen-bond acceptors (Lipinski definition) is 2. The standard InChI is InChI=1S/C23H23ClF6N2O/c1-21(2,14-8-15(22(25,26)27)10-16(9-14)23(28,29)30)20(33)32(3)19-12-31-11-18(19)13-4-6-17(24)7-5-13/h4-10,18-19,31H,11-12H2,1-3H3/t18-,19+/m0/s1. The van der Waals surface area contributed by atoms with E-state index in [2.05, 4.69) is 5.32 Å². The third kappa shape index (κ3) is 5.30. The maximum atomic E-state index is 13.4. The Morgan fingerprint density at radius 2 is 1.39 bits per heavy atom. The lowest BCUT2D eigenvalue weighted by Gasteiger charge is -2.36. The van der Waals surface area contributed by atoms with Crippen molar-refractivity contribution in [3.8, 4) is 0 Å². The van der Waals surface area contributed by atoms with Gasteiger partial charge in [-0.15, -0.1) is 0 Å². The SMILES string of the molecule is CN(C(=O)C(C)(C)c1cc(C(F)(F)F)cc(C(F)(F)F)c1)[C@@H]1CNC[C@H]1c1ccc(Cl)cc1. The van der Waals surface area contributed by atoms with Crippen LogP contribution in [0.15, 0.2) is 42.5 Å². The van der Waals surface area contributed by atoms with Gasteiger partial charge < -0.3 is 10.2 Å². The van der Waals surface area contributed by atoms with Crippen LogP contribution in [0.25, 0.3) is 0 Å². The van der Waals surface area contributed by atoms with Gasteiger partial charge in [0.2, 0.25) is 5.91 Å². The zero-order valence-electron chi connectivity index (χ0n) is 18.1. The molecular weight excluding hydrogens is 470 g/mol. The maximum absolute atomic E-state index is 13.4. The van der Waals surface area contributed by atoms with Gasteiger partial charge >= 0.3 is 12.4 Å². The van der Waals surface area contributed by atoms with E-state index in [0.29, 0.717) is 30.2 Å². The van der Waals surface area contributed by atoms with E-state index in [1.54, 1.807) is 12.1 Å². The van der Waals surface area contributed by atoms with Crippen molar-refractivity contribution in [2.24, 2.45) is 0 Å². The molecule has 0 aliphatic carbocycles. The van der Waals surface area contributed by atoms with Crippen LogP contribution in [0.1, 0.15) is 42.0 Å². The Morgan fingerprint density at radius 3 is 1.88 bits per heavy atom. The Hall–Kier alpha value is -2.26. The summed E-state index contributed by atoms with van der Waals surface area (Å²) < 4.78 is 79.9. The third-order valence-corrected chi connectivity index (χ3v) is 6.39. The highest BCUT2D eigenvalue weighted by atomic mass is 35.5. The first kappa shape index (κ1) is 25.4. The summed E-state index contributed by atoms with van der Waals surface area (Å²) in [5, 5.41) is 3.75. The zero-order chi connectivity index (χ0) is 24.8. The average Bonchev–Trinajstić information content (AvgIpc) is 3.21. The number of nitrogens with one attached hydrogen (secondary N) is 1. The summed E-state index contributed by atoms with van der Waals surface area (Å²) in [6.45, 7) is 3.66. The number of benzene rings is 2. The van der Waals surface area contributed by atoms with E-state index in [1.807, 2.05) is 12.1 Å². The van der Waals surface area contributed by atoms with Crippen LogP contribution in [0, 0.1) is 0 Å². The number of alkyl halides is 6. The molecular formula is C23H23ClF6N2O. The van der Waals surface area contributed by atoms with Gasteiger partial charge in [0.1, 0.15) is 0 Å². The Bertz CT molecular complexity index is 985. The van der Waals surface area contributed by atoms with Gasteiger partial charge in [-0.2, -0.15) is 26.3 Å². The van der Waals surface area contributed by atoms with Crippen molar-refractivity contribution in [2.75, 3.05) is 20.1 Å². The second-order valence-electron chi connectivity index (χ2n) is 8.72. The first-order valence-corrected chi connectivity index (χ1v) is 10.5. The van der Waals surface area contributed by atoms with Crippen molar-refractivity contribution in [2.45, 2.75) is 43.6 Å². The van der Waals surface area contributed by atoms with Gasteiger partial charge in [0.05, 0.1) is 22.6 Å². The highest BCUT2D eigenvalue weighted by Gasteiger charge is 2.43. The molecule has 0 radical (unpaired) electrons. The minimum atomic E-state index is -4.99. The molecule has 1 aliphatic rings. The van der Waals surface area contributed by atoms with Crippen LogP contribution in [0.5, 0.6) is 0 Å². The number of nitrogens with zero attached hydrogens (tertiary/aromatic N) is 1. The van der Waals surface area contributed by atoms with E-state index < -0.39 is 34.8 Å². The lowest BCUT2D eigenvalue weighted by molar-refractivity contribution is -0.144. The highest BCUT2D eigenvalue weighted by Crippen LogP contribution is 2.40. The summed E-state index contributed by atoms with van der Waals surface area (Å²) in [6, 6.07) is 8.06. The molecule has 0 spiro atoms. The minimum absolute atomic E-state index is 0.0607. The molecule has 0 saturated carbocycles. The predicted molar refractivity (Wildman–Crippen MR) is 113 cm³/mol. The van der Waals surface area contributed by atoms with Crippen molar-refractivity contribution in [1.29, 1.82) is 0 Å². The summed E-state index contributed by atoms with van der Waals surface area (Å²) in [4.78, 5) is 14.8. The van der Waals surface area contributed by atoms with E-state index in [4.69, 9.17) is 11.6 Å². The van der Waals surface area contributed by atoms with Crippen LogP contribution >= 0.6 is 11.6 Å². The molecule has 3 nitrogen and oxygen atoms in total. The Kier molecular flexibility index (Phi) is 6.79. The lowest BCUT2D eigenvalue weighted by Crippen LogP contribution is -2.48. The molecule has 2 atom stereocenters. The van der Waals surface area contributed by atoms with E-state index in [-0.39, 0.29) is 23.6 Å². The summed E-state index contributed by atoms with van der Waals surface area (Å²) in [5.41, 5.74) is -3.96. The number of amides is 1. The van der Waals surface area contributed by atoms with Gasteiger partial charge in [0, 0.05) is 31.1 Å². The maximum Gasteiger partial charge on any atom is 0.416 e. The molecule has 180 valence electrons. The van der Waals surface area contributed by atoms with Crippen molar-refractivity contribution in [3.63, 3.8) is 0 Å². The van der Waals surface area contributed by atoms with Crippen molar-refractivity contribution >= 4 is 17.5 Å². The Balaban J connectivity index is 1.96. The second kappa shape index (κ2) is 8.83. The smallest absolute Gasteiger partial charge is 0.340 e. The molecule has 2 aromatic carbocycles. The summed E-state index contributed by atoms with van der Waals surface area (Å²) in [5.74, 6) is -0.693. The molecule has 3 rings (SSSR count). The fraction of sp³-hybridized carbons (Fsp3) is 0.435. The number of carbonyl (C=O) groups excluding carboxylic acids is 1. The van der Waals surface area contributed by atoms with Crippen LogP contribution in [-0.4, -0.2) is 37.0 Å². The van der Waals surface area contributed by atoms with Crippen LogP contribution < -0.4 is 5.32 Å². The van der Waals surface area contributed by atoms with Crippen molar-refractivity contribution in [3.05, 3.63) is 69.7 Å². The van der Waals surface area contributed by atoms with Crippen LogP contribution in [0.3, 0.4) is 0 Å². The molecule has 1 N–H and O–H groups in total. The van der Waals surface area contributed by atoms with E-state index >= 15 is 0 Å². The molecule has 1 saturated heterocycles. The topological polar surface area (TPSA) is 32.3 Å². The number of likely N-dealkylation sites (N-methyl/N-ethyl adjacent to an activating group) is 1. The molecule has 1 aliphatic heterocycles. The van der Waals surface area contributed by atoms with E-state index in [9.17, 15) is 31.1 Å². The molecule has 2 aromatic rings. The van der Waals surface area contributed by atoms with Gasteiger partial charge in [0.25, 0.3) is 0 Å². The van der Waals surface area contributed by atoms with Crippen molar-refractivity contribution in [1.82, 2.24) is 10.2 Å². The molecule has 1 fully saturated rings. The van der Waals surface area contributed by atoms with Gasteiger partial charge in [0.15, 0.2) is 0 Å². The Labute approximate surface area is 192 Å². The quantitative estimate of drug-likeness (QED) is 0.541. The van der Waals surface area contributed by atoms with Gasteiger partial charge in [-0.3, -0.25) is 4.79 Å². The fourth-order valence-electron chi connectivity index (χ4n) is 4.15. The number of halogens is 7. The normalized spacial score (nSPS) is 19.6. The van der Waals surface area contributed by atoms with E-state index in [1.165, 1.54) is 25.8 Å². The first-order valence-electron chi connectivity index (χ1n) is 10.2. The molecule has 0 aromatic heterocycles. The highest BCUT2D eigenvalue weighted by molar-refractivity contribution is 6.30. The number of hydrogen-bond donors (Lipinski definition) is 1. The van der Waals surface area contributed by atoms with Gasteiger partial charge in [-0.25, -0.2) is 0 Å². The second-order valence-corrected chi connectivity index (χ2v) is 9.16. The summed E-state index contributed by atoms with van der Waals surface area (Å²) in [6.07, 6.45) is -9.98. The largest absolute Gasteiger partial charge is 0.416 e. The van der Waals surface area contributed by atoms with E-state index in [0.717, 1.165) is 5.56 Å². The summed E-state index contributed by atoms with van der Waals surface area (Å²) >= 11 is 5.94. The Morgan fingerprint density at radius 1 is 0.909 bits per heavy atom. The zero-order valence-corrected chi connectivity index (χ0v) is 18.9. The molecule has 1 heterocycles. The first-order chi connectivity index (χ1) is 15.1. The number of carbonyl (C=O) groups is 1. The lowest BCUT2D eigenvalue weighted by atomic mass is 9.80. The van der Waals surface area contributed by atoms with Gasteiger partial charge in [-0.05, 0) is 55.3 Å². The summed E-state index contributed by atoms with van der Waals surface area (Å²) in [7, 11) is 1.52. The van der Waals surface area contributed by atoms with Crippen LogP contribution in [0.4, 0.5) is 26.3 Å². The van der Waals surface area contributed by atoms with Crippen LogP contribution in [0.2, 0.25) is 5.02 Å². The monoisotopic (exact) mass is 492 g/mol. The predicted octanol–water partition coefficient (Wildman–Crippen LogP) is 5.87. The fourth-order valence-corrected chi connectivity index (χ4v) is 4.28.